The molecular formula is C25H29FN2O2. The van der Waals surface area contributed by atoms with Crippen LogP contribution in [0.4, 0.5) is 4.39 Å². The van der Waals surface area contributed by atoms with Gasteiger partial charge in [-0.2, -0.15) is 0 Å². The van der Waals surface area contributed by atoms with Crippen molar-refractivity contribution in [3.05, 3.63) is 60.7 Å². The fourth-order valence-corrected chi connectivity index (χ4v) is 3.29. The molecular weight excluding hydrogens is 379 g/mol. The number of phenolic OH excluding ortho intramolecular Hbond substituents is 1. The highest BCUT2D eigenvalue weighted by atomic mass is 19.1. The van der Waals surface area contributed by atoms with Crippen LogP contribution < -0.4 is 4.74 Å². The van der Waals surface area contributed by atoms with Gasteiger partial charge in [0.1, 0.15) is 17.3 Å². The molecule has 0 saturated heterocycles. The summed E-state index contributed by atoms with van der Waals surface area (Å²) < 4.78 is 20.3. The molecule has 5 heteroatoms. The van der Waals surface area contributed by atoms with E-state index in [0.717, 1.165) is 24.0 Å². The van der Waals surface area contributed by atoms with Crippen molar-refractivity contribution >= 4 is 0 Å². The highest BCUT2D eigenvalue weighted by Crippen LogP contribution is 2.26. The van der Waals surface area contributed by atoms with Crippen molar-refractivity contribution in [2.24, 2.45) is 0 Å². The zero-order chi connectivity index (χ0) is 21.2. The normalized spacial score (nSPS) is 10.9. The Bertz CT molecular complexity index is 911. The number of ether oxygens (including phenoxy) is 1. The second-order valence-electron chi connectivity index (χ2n) is 7.45. The number of aromatic nitrogens is 2. The van der Waals surface area contributed by atoms with Crippen molar-refractivity contribution in [3.63, 3.8) is 0 Å². The first-order valence-corrected chi connectivity index (χ1v) is 10.7. The molecule has 0 atom stereocenters. The Morgan fingerprint density at radius 2 is 1.50 bits per heavy atom. The predicted octanol–water partition coefficient (Wildman–Crippen LogP) is 6.78. The van der Waals surface area contributed by atoms with Gasteiger partial charge in [-0.25, -0.2) is 14.4 Å². The molecule has 1 aromatic heterocycles. The van der Waals surface area contributed by atoms with Crippen molar-refractivity contribution in [3.8, 4) is 34.0 Å². The summed E-state index contributed by atoms with van der Waals surface area (Å²) >= 11 is 0. The summed E-state index contributed by atoms with van der Waals surface area (Å²) in [6, 6.07) is 11.6. The third kappa shape index (κ3) is 6.28. The molecule has 3 aromatic rings. The molecule has 4 nitrogen and oxygen atoms in total. The Balaban J connectivity index is 1.53. The van der Waals surface area contributed by atoms with Crippen LogP contribution in [0.5, 0.6) is 11.5 Å². The molecule has 0 saturated carbocycles. The largest absolute Gasteiger partial charge is 0.508 e. The van der Waals surface area contributed by atoms with Crippen LogP contribution in [-0.2, 0) is 0 Å². The monoisotopic (exact) mass is 408 g/mol. The van der Waals surface area contributed by atoms with Crippen molar-refractivity contribution < 1.29 is 14.2 Å². The lowest BCUT2D eigenvalue weighted by atomic mass is 10.1. The first kappa shape index (κ1) is 21.8. The van der Waals surface area contributed by atoms with Gasteiger partial charge in [0.25, 0.3) is 0 Å². The Hall–Kier alpha value is -2.95. The third-order valence-corrected chi connectivity index (χ3v) is 5.05. The standard InChI is InChI=1S/C25H29FN2O2/c1-2-3-4-5-6-7-8-15-30-22-13-14-23(24(26)16-22)25-27-17-20(18-28-25)19-9-11-21(29)12-10-19/h9-14,16-18,29H,2-8,15H2,1H3. The van der Waals surface area contributed by atoms with E-state index >= 15 is 0 Å². The number of rotatable bonds is 11. The third-order valence-electron chi connectivity index (χ3n) is 5.05. The number of unbranched alkanes of at least 4 members (excludes halogenated alkanes) is 6. The molecule has 1 heterocycles. The molecule has 0 spiro atoms. The van der Waals surface area contributed by atoms with Gasteiger partial charge in [-0.05, 0) is 36.2 Å². The van der Waals surface area contributed by atoms with E-state index in [4.69, 9.17) is 4.74 Å². The lowest BCUT2D eigenvalue weighted by Crippen LogP contribution is -1.99. The Morgan fingerprint density at radius 3 is 2.17 bits per heavy atom. The SMILES string of the molecule is CCCCCCCCCOc1ccc(-c2ncc(-c3ccc(O)cc3)cn2)c(F)c1. The molecule has 158 valence electrons. The summed E-state index contributed by atoms with van der Waals surface area (Å²) in [6.07, 6.45) is 11.8. The number of hydrogen-bond donors (Lipinski definition) is 1. The molecule has 1 N–H and O–H groups in total. The van der Waals surface area contributed by atoms with E-state index in [1.54, 1.807) is 48.8 Å². The molecule has 3 rings (SSSR count). The van der Waals surface area contributed by atoms with E-state index in [9.17, 15) is 9.50 Å². The number of halogens is 1. The molecule has 0 aliphatic rings. The van der Waals surface area contributed by atoms with Crippen LogP contribution in [0.2, 0.25) is 0 Å². The van der Waals surface area contributed by atoms with Crippen molar-refractivity contribution in [2.45, 2.75) is 51.9 Å². The van der Waals surface area contributed by atoms with Crippen LogP contribution in [-0.4, -0.2) is 21.7 Å². The maximum absolute atomic E-state index is 14.6. The highest BCUT2D eigenvalue weighted by molar-refractivity contribution is 5.64. The van der Waals surface area contributed by atoms with Crippen molar-refractivity contribution in [1.82, 2.24) is 9.97 Å². The molecule has 2 aromatic carbocycles. The highest BCUT2D eigenvalue weighted by Gasteiger charge is 2.10. The van der Waals surface area contributed by atoms with Crippen molar-refractivity contribution in [2.75, 3.05) is 6.61 Å². The van der Waals surface area contributed by atoms with E-state index in [1.165, 1.54) is 38.2 Å². The van der Waals surface area contributed by atoms with Gasteiger partial charge in [0.2, 0.25) is 0 Å². The van der Waals surface area contributed by atoms with Crippen molar-refractivity contribution in [1.29, 1.82) is 0 Å². The van der Waals surface area contributed by atoms with E-state index in [-0.39, 0.29) is 5.75 Å². The van der Waals surface area contributed by atoms with Gasteiger partial charge in [0.15, 0.2) is 5.82 Å². The molecule has 0 fully saturated rings. The average Bonchev–Trinajstić information content (AvgIpc) is 2.76. The van der Waals surface area contributed by atoms with Crippen LogP contribution >= 0.6 is 0 Å². The summed E-state index contributed by atoms with van der Waals surface area (Å²) in [5.41, 5.74) is 2.03. The second kappa shape index (κ2) is 11.3. The minimum Gasteiger partial charge on any atom is -0.508 e. The lowest BCUT2D eigenvalue weighted by molar-refractivity contribution is 0.303. The first-order valence-electron chi connectivity index (χ1n) is 10.7. The summed E-state index contributed by atoms with van der Waals surface area (Å²) in [4.78, 5) is 8.60. The van der Waals surface area contributed by atoms with E-state index in [2.05, 4.69) is 16.9 Å². The van der Waals surface area contributed by atoms with Gasteiger partial charge in [-0.1, -0.05) is 57.6 Å². The maximum atomic E-state index is 14.6. The van der Waals surface area contributed by atoms with Crippen LogP contribution in [0.1, 0.15) is 51.9 Å². The topological polar surface area (TPSA) is 55.2 Å². The quantitative estimate of drug-likeness (QED) is 0.355. The summed E-state index contributed by atoms with van der Waals surface area (Å²) in [7, 11) is 0. The smallest absolute Gasteiger partial charge is 0.162 e. The van der Waals surface area contributed by atoms with Gasteiger partial charge in [-0.15, -0.1) is 0 Å². The van der Waals surface area contributed by atoms with Crippen LogP contribution in [0, 0.1) is 5.82 Å². The molecule has 0 amide bonds. The maximum Gasteiger partial charge on any atom is 0.162 e. The average molecular weight is 409 g/mol. The molecule has 0 bridgehead atoms. The summed E-state index contributed by atoms with van der Waals surface area (Å²) in [5, 5.41) is 9.39. The number of hydrogen-bond acceptors (Lipinski definition) is 4. The lowest BCUT2D eigenvalue weighted by Gasteiger charge is -2.09. The zero-order valence-corrected chi connectivity index (χ0v) is 17.5. The van der Waals surface area contributed by atoms with Crippen LogP contribution in [0.15, 0.2) is 54.9 Å². The minimum atomic E-state index is -0.399. The predicted molar refractivity (Wildman–Crippen MR) is 118 cm³/mol. The Labute approximate surface area is 177 Å². The molecule has 30 heavy (non-hydrogen) atoms. The molecule has 0 aliphatic heterocycles. The van der Waals surface area contributed by atoms with Gasteiger partial charge in [0, 0.05) is 24.0 Å². The van der Waals surface area contributed by atoms with Crippen LogP contribution in [0.3, 0.4) is 0 Å². The first-order chi connectivity index (χ1) is 14.7. The van der Waals surface area contributed by atoms with Gasteiger partial charge < -0.3 is 9.84 Å². The zero-order valence-electron chi connectivity index (χ0n) is 17.5. The van der Waals surface area contributed by atoms with E-state index in [1.807, 2.05) is 0 Å². The molecule has 0 unspecified atom stereocenters. The van der Waals surface area contributed by atoms with Crippen LogP contribution in [0.25, 0.3) is 22.5 Å². The number of nitrogens with zero attached hydrogens (tertiary/aromatic N) is 2. The Morgan fingerprint density at radius 1 is 0.833 bits per heavy atom. The molecule has 0 aliphatic carbocycles. The number of benzene rings is 2. The van der Waals surface area contributed by atoms with E-state index < -0.39 is 5.82 Å². The Kier molecular flexibility index (Phi) is 8.19. The van der Waals surface area contributed by atoms with Gasteiger partial charge in [0.05, 0.1) is 12.2 Å². The van der Waals surface area contributed by atoms with Gasteiger partial charge in [-0.3, -0.25) is 0 Å². The van der Waals surface area contributed by atoms with E-state index in [0.29, 0.717) is 23.7 Å². The van der Waals surface area contributed by atoms with Gasteiger partial charge >= 0.3 is 0 Å². The second-order valence-corrected chi connectivity index (χ2v) is 7.45. The fraction of sp³-hybridized carbons (Fsp3) is 0.360. The number of phenols is 1. The number of aromatic hydroxyl groups is 1. The minimum absolute atomic E-state index is 0.202. The fourth-order valence-electron chi connectivity index (χ4n) is 3.29. The summed E-state index contributed by atoms with van der Waals surface area (Å²) in [5.74, 6) is 0.661. The summed E-state index contributed by atoms with van der Waals surface area (Å²) in [6.45, 7) is 2.82. The molecule has 0 radical (unpaired) electrons.